The molecule has 86 valence electrons. The van der Waals surface area contributed by atoms with Gasteiger partial charge in [-0.15, -0.1) is 17.0 Å². The van der Waals surface area contributed by atoms with Crippen molar-refractivity contribution in [2.75, 3.05) is 0 Å². The van der Waals surface area contributed by atoms with Crippen LogP contribution < -0.4 is 0 Å². The van der Waals surface area contributed by atoms with E-state index in [0.29, 0.717) is 0 Å². The van der Waals surface area contributed by atoms with Crippen LogP contribution in [-0.4, -0.2) is 9.97 Å². The zero-order valence-corrected chi connectivity index (χ0v) is 12.2. The molecule has 0 fully saturated rings. The van der Waals surface area contributed by atoms with Crippen LogP contribution in [0.2, 0.25) is 0 Å². The third-order valence-corrected chi connectivity index (χ3v) is 3.24. The summed E-state index contributed by atoms with van der Waals surface area (Å²) >= 11 is 3.50. The van der Waals surface area contributed by atoms with Crippen molar-refractivity contribution < 1.29 is 0 Å². The summed E-state index contributed by atoms with van der Waals surface area (Å²) in [5.74, 6) is 0. The second-order valence-electron chi connectivity index (χ2n) is 3.62. The van der Waals surface area contributed by atoms with Crippen molar-refractivity contribution in [2.24, 2.45) is 0 Å². The van der Waals surface area contributed by atoms with Gasteiger partial charge >= 0.3 is 0 Å². The average Bonchev–Trinajstić information content (AvgIpc) is 2.72. The lowest BCUT2D eigenvalue weighted by Gasteiger charge is -2.00. The third-order valence-electron chi connectivity index (χ3n) is 2.59. The predicted molar refractivity (Wildman–Crippen MR) is 79.6 cm³/mol. The molecular weight excluding hydrogens is 344 g/mol. The van der Waals surface area contributed by atoms with Crippen LogP contribution in [0, 0.1) is 0 Å². The van der Waals surface area contributed by atoms with Crippen LogP contribution in [0.1, 0.15) is 0 Å². The molecule has 0 spiro atoms. The number of benzene rings is 1. The van der Waals surface area contributed by atoms with Crippen LogP contribution in [0.25, 0.3) is 22.2 Å². The van der Waals surface area contributed by atoms with E-state index in [2.05, 4.69) is 44.1 Å². The topological polar surface area (TPSA) is 28.7 Å². The first-order chi connectivity index (χ1) is 7.84. The third kappa shape index (κ3) is 2.28. The van der Waals surface area contributed by atoms with Gasteiger partial charge in [-0.25, -0.2) is 4.98 Å². The summed E-state index contributed by atoms with van der Waals surface area (Å²) in [7, 11) is 0. The Balaban J connectivity index is 0.00000108. The molecule has 1 aromatic carbocycles. The van der Waals surface area contributed by atoms with Crippen LogP contribution in [0.3, 0.4) is 0 Å². The number of H-pyrrole nitrogens is 1. The van der Waals surface area contributed by atoms with Crippen molar-refractivity contribution in [1.82, 2.24) is 9.97 Å². The lowest BCUT2D eigenvalue weighted by molar-refractivity contribution is 1.32. The minimum absolute atomic E-state index is 0. The molecular formula is C13H10Br2N2. The molecule has 0 saturated carbocycles. The zero-order chi connectivity index (χ0) is 11.0. The molecule has 0 bridgehead atoms. The van der Waals surface area contributed by atoms with E-state index in [4.69, 9.17) is 0 Å². The Labute approximate surface area is 118 Å². The molecule has 0 aliphatic rings. The molecule has 0 unspecified atom stereocenters. The Morgan fingerprint density at radius 2 is 1.82 bits per heavy atom. The van der Waals surface area contributed by atoms with E-state index in [0.717, 1.165) is 21.1 Å². The normalized spacial score (nSPS) is 10.2. The Morgan fingerprint density at radius 1 is 1.06 bits per heavy atom. The van der Waals surface area contributed by atoms with E-state index in [1.807, 2.05) is 30.6 Å². The smallest absolute Gasteiger partial charge is 0.138 e. The van der Waals surface area contributed by atoms with Gasteiger partial charge in [-0.2, -0.15) is 0 Å². The van der Waals surface area contributed by atoms with Gasteiger partial charge in [-0.1, -0.05) is 30.3 Å². The maximum Gasteiger partial charge on any atom is 0.138 e. The number of pyridine rings is 1. The fourth-order valence-electron chi connectivity index (χ4n) is 1.76. The molecule has 2 aromatic heterocycles. The first-order valence-corrected chi connectivity index (χ1v) is 5.82. The molecule has 4 heteroatoms. The molecule has 2 heterocycles. The van der Waals surface area contributed by atoms with Crippen molar-refractivity contribution in [3.05, 3.63) is 53.3 Å². The number of nitrogens with zero attached hydrogens (tertiary/aromatic N) is 1. The molecule has 0 atom stereocenters. The van der Waals surface area contributed by atoms with E-state index < -0.39 is 0 Å². The van der Waals surface area contributed by atoms with Crippen molar-refractivity contribution in [3.63, 3.8) is 0 Å². The number of rotatable bonds is 1. The molecule has 3 rings (SSSR count). The summed E-state index contributed by atoms with van der Waals surface area (Å²) in [5, 5.41) is 1.11. The molecule has 0 aliphatic heterocycles. The monoisotopic (exact) mass is 352 g/mol. The first kappa shape index (κ1) is 12.3. The van der Waals surface area contributed by atoms with Crippen molar-refractivity contribution >= 4 is 43.9 Å². The highest BCUT2D eigenvalue weighted by Crippen LogP contribution is 2.27. The predicted octanol–water partition coefficient (Wildman–Crippen LogP) is 4.57. The molecule has 3 aromatic rings. The second-order valence-corrected chi connectivity index (χ2v) is 4.48. The van der Waals surface area contributed by atoms with E-state index >= 15 is 0 Å². The van der Waals surface area contributed by atoms with Gasteiger partial charge in [0, 0.05) is 27.8 Å². The SMILES string of the molecule is Br.Brc1c[nH]c2ncc(-c3ccccc3)cc12. The van der Waals surface area contributed by atoms with Gasteiger partial charge < -0.3 is 4.98 Å². The minimum atomic E-state index is 0. The van der Waals surface area contributed by atoms with Gasteiger partial charge in [0.15, 0.2) is 0 Å². The van der Waals surface area contributed by atoms with Gasteiger partial charge in [0.1, 0.15) is 5.65 Å². The van der Waals surface area contributed by atoms with Crippen molar-refractivity contribution in [3.8, 4) is 11.1 Å². The van der Waals surface area contributed by atoms with Crippen LogP contribution >= 0.6 is 32.9 Å². The van der Waals surface area contributed by atoms with Gasteiger partial charge in [0.25, 0.3) is 0 Å². The maximum absolute atomic E-state index is 4.39. The lowest BCUT2D eigenvalue weighted by atomic mass is 10.1. The van der Waals surface area contributed by atoms with Gasteiger partial charge in [-0.05, 0) is 27.6 Å². The number of hydrogen-bond donors (Lipinski definition) is 1. The average molecular weight is 354 g/mol. The van der Waals surface area contributed by atoms with E-state index in [-0.39, 0.29) is 17.0 Å². The Hall–Kier alpha value is -1.13. The Bertz CT molecular complexity index is 632. The molecule has 17 heavy (non-hydrogen) atoms. The highest BCUT2D eigenvalue weighted by atomic mass is 79.9. The zero-order valence-electron chi connectivity index (χ0n) is 8.85. The highest BCUT2D eigenvalue weighted by Gasteiger charge is 2.04. The number of hydrogen-bond acceptors (Lipinski definition) is 1. The molecule has 2 nitrogen and oxygen atoms in total. The summed E-state index contributed by atoms with van der Waals surface area (Å²) in [4.78, 5) is 7.50. The Kier molecular flexibility index (Phi) is 3.64. The highest BCUT2D eigenvalue weighted by molar-refractivity contribution is 9.10. The summed E-state index contributed by atoms with van der Waals surface area (Å²) in [6.45, 7) is 0. The van der Waals surface area contributed by atoms with Crippen LogP contribution in [0.15, 0.2) is 53.3 Å². The molecule has 0 aliphatic carbocycles. The number of halogens is 2. The van der Waals surface area contributed by atoms with E-state index in [1.165, 1.54) is 5.56 Å². The number of nitrogens with one attached hydrogen (secondary N) is 1. The fourth-order valence-corrected chi connectivity index (χ4v) is 2.18. The molecule has 1 N–H and O–H groups in total. The van der Waals surface area contributed by atoms with Crippen LogP contribution in [-0.2, 0) is 0 Å². The number of aromatic amines is 1. The van der Waals surface area contributed by atoms with Crippen LogP contribution in [0.5, 0.6) is 0 Å². The van der Waals surface area contributed by atoms with Crippen molar-refractivity contribution in [2.45, 2.75) is 0 Å². The van der Waals surface area contributed by atoms with Crippen molar-refractivity contribution in [1.29, 1.82) is 0 Å². The van der Waals surface area contributed by atoms with Crippen LogP contribution in [0.4, 0.5) is 0 Å². The van der Waals surface area contributed by atoms with E-state index in [9.17, 15) is 0 Å². The number of fused-ring (bicyclic) bond motifs is 1. The van der Waals surface area contributed by atoms with Gasteiger partial charge in [0.2, 0.25) is 0 Å². The van der Waals surface area contributed by atoms with Gasteiger partial charge in [-0.3, -0.25) is 0 Å². The van der Waals surface area contributed by atoms with E-state index in [1.54, 1.807) is 0 Å². The standard InChI is InChI=1S/C13H9BrN2.BrH/c14-12-8-16-13-11(12)6-10(7-15-13)9-4-2-1-3-5-9;/h1-8H,(H,15,16);1H. The summed E-state index contributed by atoms with van der Waals surface area (Å²) in [5.41, 5.74) is 3.23. The quantitative estimate of drug-likeness (QED) is 0.682. The summed E-state index contributed by atoms with van der Waals surface area (Å²) in [6, 6.07) is 12.4. The first-order valence-electron chi connectivity index (χ1n) is 5.02. The molecule has 0 amide bonds. The fraction of sp³-hybridized carbons (Fsp3) is 0. The molecule has 0 radical (unpaired) electrons. The summed E-state index contributed by atoms with van der Waals surface area (Å²) in [6.07, 6.45) is 3.80. The lowest BCUT2D eigenvalue weighted by Crippen LogP contribution is -1.81. The largest absolute Gasteiger partial charge is 0.345 e. The maximum atomic E-state index is 4.39. The molecule has 0 saturated heterocycles. The Morgan fingerprint density at radius 3 is 2.59 bits per heavy atom. The van der Waals surface area contributed by atoms with Gasteiger partial charge in [0.05, 0.1) is 0 Å². The second kappa shape index (κ2) is 5.02. The minimum Gasteiger partial charge on any atom is -0.345 e. The summed E-state index contributed by atoms with van der Waals surface area (Å²) < 4.78 is 1.05. The number of aromatic nitrogens is 2.